The number of hydrogen-bond donors (Lipinski definition) is 4. The number of allylic oxidation sites excluding steroid dienone is 1. The molecule has 6 nitrogen and oxygen atoms in total. The lowest BCUT2D eigenvalue weighted by atomic mass is 9.94. The molecule has 1 aliphatic heterocycles. The van der Waals surface area contributed by atoms with Crippen molar-refractivity contribution >= 4 is 39.2 Å². The summed E-state index contributed by atoms with van der Waals surface area (Å²) in [6.45, 7) is 4.47. The van der Waals surface area contributed by atoms with E-state index in [0.717, 1.165) is 11.1 Å². The predicted molar refractivity (Wildman–Crippen MR) is 120 cm³/mol. The summed E-state index contributed by atoms with van der Waals surface area (Å²) in [6.07, 6.45) is 0. The number of benzene rings is 2. The van der Waals surface area contributed by atoms with Crippen LogP contribution in [-0.4, -0.2) is 22.7 Å². The third-order valence-electron chi connectivity index (χ3n) is 4.50. The molecule has 29 heavy (non-hydrogen) atoms. The van der Waals surface area contributed by atoms with E-state index in [1.54, 1.807) is 12.1 Å². The smallest absolute Gasteiger partial charge is 0.251 e. The molecule has 0 unspecified atom stereocenters. The van der Waals surface area contributed by atoms with E-state index in [4.69, 9.17) is 17.0 Å². The van der Waals surface area contributed by atoms with Crippen molar-refractivity contribution in [2.24, 2.45) is 0 Å². The van der Waals surface area contributed by atoms with E-state index in [2.05, 4.69) is 31.9 Å². The minimum Gasteiger partial charge on any atom is -0.504 e. The van der Waals surface area contributed by atoms with Gasteiger partial charge < -0.3 is 25.8 Å². The standard InChI is InChI=1S/C21H22BrN3O3S/c1-3-28-17-9-14(15(22)10-16(17)26)19-18(12(2)24-21(29)25-19)20(27)23-11-13-7-5-4-6-8-13/h4-10,19,26H,3,11H2,1-2H3,(H,23,27)(H2,24,25,29)/t19-/m1/s1. The molecule has 8 heteroatoms. The number of rotatable bonds is 6. The number of amides is 1. The number of ether oxygens (including phenoxy) is 1. The van der Waals surface area contributed by atoms with Gasteiger partial charge in [0.1, 0.15) is 0 Å². The summed E-state index contributed by atoms with van der Waals surface area (Å²) >= 11 is 8.80. The molecule has 1 heterocycles. The van der Waals surface area contributed by atoms with Crippen molar-refractivity contribution in [2.45, 2.75) is 26.4 Å². The number of halogens is 1. The molecular weight excluding hydrogens is 454 g/mol. The number of phenolic OH excluding ortho intramolecular Hbond substituents is 1. The van der Waals surface area contributed by atoms with Crippen LogP contribution >= 0.6 is 28.1 Å². The van der Waals surface area contributed by atoms with Crippen LogP contribution in [-0.2, 0) is 11.3 Å². The maximum absolute atomic E-state index is 13.1. The molecule has 0 saturated heterocycles. The molecule has 1 atom stereocenters. The summed E-state index contributed by atoms with van der Waals surface area (Å²) in [6, 6.07) is 12.5. The summed E-state index contributed by atoms with van der Waals surface area (Å²) in [5.74, 6) is 0.158. The van der Waals surface area contributed by atoms with E-state index in [9.17, 15) is 9.90 Å². The predicted octanol–water partition coefficient (Wildman–Crippen LogP) is 3.66. The molecule has 0 radical (unpaired) electrons. The fourth-order valence-corrected chi connectivity index (χ4v) is 3.98. The zero-order chi connectivity index (χ0) is 21.0. The van der Waals surface area contributed by atoms with Gasteiger partial charge in [-0.05, 0) is 49.3 Å². The summed E-state index contributed by atoms with van der Waals surface area (Å²) in [5, 5.41) is 19.7. The van der Waals surface area contributed by atoms with E-state index in [0.29, 0.717) is 39.8 Å². The van der Waals surface area contributed by atoms with Gasteiger partial charge in [-0.25, -0.2) is 0 Å². The van der Waals surface area contributed by atoms with Crippen LogP contribution in [0.1, 0.15) is 31.0 Å². The Bertz CT molecular complexity index is 963. The van der Waals surface area contributed by atoms with Gasteiger partial charge >= 0.3 is 0 Å². The molecule has 0 fully saturated rings. The molecule has 0 spiro atoms. The largest absolute Gasteiger partial charge is 0.504 e. The van der Waals surface area contributed by atoms with Crippen molar-refractivity contribution in [3.05, 3.63) is 69.3 Å². The first-order valence-corrected chi connectivity index (χ1v) is 10.4. The average Bonchev–Trinajstić information content (AvgIpc) is 2.68. The lowest BCUT2D eigenvalue weighted by molar-refractivity contribution is -0.118. The molecule has 2 aromatic rings. The molecule has 0 bridgehead atoms. The molecule has 1 aliphatic rings. The van der Waals surface area contributed by atoms with Gasteiger partial charge in [-0.3, -0.25) is 4.79 Å². The van der Waals surface area contributed by atoms with Crippen LogP contribution in [0, 0.1) is 0 Å². The van der Waals surface area contributed by atoms with Crippen LogP contribution in [0.5, 0.6) is 11.5 Å². The van der Waals surface area contributed by atoms with E-state index in [1.807, 2.05) is 44.2 Å². The van der Waals surface area contributed by atoms with E-state index in [1.165, 1.54) is 0 Å². The van der Waals surface area contributed by atoms with E-state index < -0.39 is 6.04 Å². The number of carbonyl (C=O) groups excluding carboxylic acids is 1. The number of carbonyl (C=O) groups is 1. The lowest BCUT2D eigenvalue weighted by Crippen LogP contribution is -2.46. The monoisotopic (exact) mass is 475 g/mol. The maximum atomic E-state index is 13.1. The second-order valence-electron chi connectivity index (χ2n) is 6.51. The van der Waals surface area contributed by atoms with Crippen LogP contribution in [0.4, 0.5) is 0 Å². The Kier molecular flexibility index (Phi) is 6.76. The molecule has 3 rings (SSSR count). The molecule has 0 aromatic heterocycles. The zero-order valence-corrected chi connectivity index (χ0v) is 18.5. The van der Waals surface area contributed by atoms with Crippen molar-refractivity contribution in [1.82, 2.24) is 16.0 Å². The van der Waals surface area contributed by atoms with Gasteiger partial charge in [0.25, 0.3) is 5.91 Å². The Hall–Kier alpha value is -2.58. The van der Waals surface area contributed by atoms with Crippen LogP contribution in [0.2, 0.25) is 0 Å². The number of aromatic hydroxyl groups is 1. The number of phenols is 1. The Morgan fingerprint density at radius 1 is 1.31 bits per heavy atom. The fraction of sp³-hybridized carbons (Fsp3) is 0.238. The third-order valence-corrected chi connectivity index (χ3v) is 5.41. The van der Waals surface area contributed by atoms with Crippen molar-refractivity contribution in [3.63, 3.8) is 0 Å². The molecule has 152 valence electrons. The first-order valence-electron chi connectivity index (χ1n) is 9.16. The molecule has 0 saturated carbocycles. The summed E-state index contributed by atoms with van der Waals surface area (Å²) in [5.41, 5.74) is 2.93. The van der Waals surface area contributed by atoms with Gasteiger partial charge in [0.15, 0.2) is 16.6 Å². The summed E-state index contributed by atoms with van der Waals surface area (Å²) < 4.78 is 6.15. The highest BCUT2D eigenvalue weighted by Gasteiger charge is 2.31. The Morgan fingerprint density at radius 3 is 2.72 bits per heavy atom. The summed E-state index contributed by atoms with van der Waals surface area (Å²) in [7, 11) is 0. The molecule has 0 aliphatic carbocycles. The van der Waals surface area contributed by atoms with Gasteiger partial charge in [-0.15, -0.1) is 0 Å². The third kappa shape index (κ3) is 4.89. The lowest BCUT2D eigenvalue weighted by Gasteiger charge is -2.31. The topological polar surface area (TPSA) is 82.6 Å². The molecule has 4 N–H and O–H groups in total. The number of nitrogens with one attached hydrogen (secondary N) is 3. The second kappa shape index (κ2) is 9.28. The van der Waals surface area contributed by atoms with E-state index >= 15 is 0 Å². The highest BCUT2D eigenvalue weighted by molar-refractivity contribution is 9.10. The zero-order valence-electron chi connectivity index (χ0n) is 16.1. The Balaban J connectivity index is 1.94. The first-order chi connectivity index (χ1) is 13.9. The van der Waals surface area contributed by atoms with Gasteiger partial charge in [-0.1, -0.05) is 46.3 Å². The minimum absolute atomic E-state index is 0.0229. The SMILES string of the molecule is CCOc1cc([C@H]2NC(=S)NC(C)=C2C(=O)NCc2ccccc2)c(Br)cc1O. The first kappa shape index (κ1) is 21.1. The highest BCUT2D eigenvalue weighted by Crippen LogP contribution is 2.39. The molecule has 1 amide bonds. The van der Waals surface area contributed by atoms with Gasteiger partial charge in [0.05, 0.1) is 18.2 Å². The molecule has 2 aromatic carbocycles. The number of thiocarbonyl (C=S) groups is 1. The van der Waals surface area contributed by atoms with E-state index in [-0.39, 0.29) is 11.7 Å². The van der Waals surface area contributed by atoms with Crippen LogP contribution in [0.25, 0.3) is 0 Å². The highest BCUT2D eigenvalue weighted by atomic mass is 79.9. The van der Waals surface area contributed by atoms with Crippen molar-refractivity contribution < 1.29 is 14.6 Å². The van der Waals surface area contributed by atoms with Crippen molar-refractivity contribution in [3.8, 4) is 11.5 Å². The Labute approximate surface area is 183 Å². The summed E-state index contributed by atoms with van der Waals surface area (Å²) in [4.78, 5) is 13.1. The Morgan fingerprint density at radius 2 is 2.03 bits per heavy atom. The van der Waals surface area contributed by atoms with Gasteiger partial charge in [0, 0.05) is 16.7 Å². The van der Waals surface area contributed by atoms with Crippen molar-refractivity contribution in [1.29, 1.82) is 0 Å². The van der Waals surface area contributed by atoms with Gasteiger partial charge in [0.2, 0.25) is 0 Å². The second-order valence-corrected chi connectivity index (χ2v) is 7.78. The fourth-order valence-electron chi connectivity index (χ4n) is 3.15. The van der Waals surface area contributed by atoms with Crippen LogP contribution in [0.15, 0.2) is 58.2 Å². The normalized spacial score (nSPS) is 16.1. The quantitative estimate of drug-likeness (QED) is 0.477. The van der Waals surface area contributed by atoms with Crippen LogP contribution in [0.3, 0.4) is 0 Å². The minimum atomic E-state index is -0.506. The van der Waals surface area contributed by atoms with Crippen LogP contribution < -0.4 is 20.7 Å². The average molecular weight is 476 g/mol. The van der Waals surface area contributed by atoms with Crippen molar-refractivity contribution in [2.75, 3.05) is 6.61 Å². The molecular formula is C21H22BrN3O3S. The maximum Gasteiger partial charge on any atom is 0.251 e. The van der Waals surface area contributed by atoms with Gasteiger partial charge in [-0.2, -0.15) is 0 Å². The number of hydrogen-bond acceptors (Lipinski definition) is 4.